The van der Waals surface area contributed by atoms with Crippen LogP contribution in [-0.2, 0) is 11.3 Å². The van der Waals surface area contributed by atoms with Crippen LogP contribution < -0.4 is 0 Å². The number of aryl methyl sites for hydroxylation is 1. The fraction of sp³-hybridized carbons (Fsp3) is 0.400. The van der Waals surface area contributed by atoms with Gasteiger partial charge in [0.2, 0.25) is 0 Å². The Morgan fingerprint density at radius 2 is 1.88 bits per heavy atom. The highest BCUT2D eigenvalue weighted by Gasteiger charge is 2.15. The van der Waals surface area contributed by atoms with Crippen LogP contribution in [0.4, 0.5) is 0 Å². The van der Waals surface area contributed by atoms with E-state index >= 15 is 0 Å². The lowest BCUT2D eigenvalue weighted by Gasteiger charge is -2.06. The quantitative estimate of drug-likeness (QED) is 0.456. The number of carbonyl (C=O) groups is 1. The van der Waals surface area contributed by atoms with Gasteiger partial charge in [-0.3, -0.25) is 0 Å². The van der Waals surface area contributed by atoms with Crippen molar-refractivity contribution in [1.29, 1.82) is 0 Å². The Kier molecular flexibility index (Phi) is 5.14. The van der Waals surface area contributed by atoms with E-state index in [1.165, 1.54) is 5.52 Å². The Balaban J connectivity index is 2.03. The fourth-order valence-electron chi connectivity index (χ4n) is 3.00. The molecule has 2 heterocycles. The second-order valence-corrected chi connectivity index (χ2v) is 6.10. The fourth-order valence-corrected chi connectivity index (χ4v) is 3.00. The third-order valence-corrected chi connectivity index (χ3v) is 4.33. The van der Waals surface area contributed by atoms with Crippen LogP contribution in [0.3, 0.4) is 0 Å². The first-order valence-corrected chi connectivity index (χ1v) is 8.80. The van der Waals surface area contributed by atoms with Gasteiger partial charge in [0, 0.05) is 22.8 Å². The minimum atomic E-state index is -0.337. The van der Waals surface area contributed by atoms with Gasteiger partial charge in [-0.25, -0.2) is 9.78 Å². The first kappa shape index (κ1) is 16.5. The molecule has 0 saturated carbocycles. The first-order chi connectivity index (χ1) is 11.8. The summed E-state index contributed by atoms with van der Waals surface area (Å²) < 4.78 is 7.59. The average Bonchev–Trinajstić information content (AvgIpc) is 2.93. The summed E-state index contributed by atoms with van der Waals surface area (Å²) in [7, 11) is 0. The minimum absolute atomic E-state index is 0.337. The van der Waals surface area contributed by atoms with E-state index in [4.69, 9.17) is 4.74 Å². The van der Waals surface area contributed by atoms with Crippen molar-refractivity contribution in [1.82, 2.24) is 9.55 Å². The van der Waals surface area contributed by atoms with Crippen molar-refractivity contribution in [2.24, 2.45) is 0 Å². The van der Waals surface area contributed by atoms with Crippen molar-refractivity contribution in [3.05, 3.63) is 42.2 Å². The predicted molar refractivity (Wildman–Crippen MR) is 97.3 cm³/mol. The van der Waals surface area contributed by atoms with Gasteiger partial charge in [-0.2, -0.15) is 0 Å². The molecule has 0 aliphatic heterocycles. The Hall–Kier alpha value is -2.36. The van der Waals surface area contributed by atoms with Gasteiger partial charge < -0.3 is 9.30 Å². The van der Waals surface area contributed by atoms with E-state index in [-0.39, 0.29) is 5.97 Å². The van der Waals surface area contributed by atoms with E-state index in [1.54, 1.807) is 6.20 Å². The summed E-state index contributed by atoms with van der Waals surface area (Å²) in [6.07, 6.45) is 5.95. The largest absolute Gasteiger partial charge is 0.461 e. The van der Waals surface area contributed by atoms with Crippen molar-refractivity contribution >= 4 is 27.8 Å². The molecule has 2 aromatic heterocycles. The highest BCUT2D eigenvalue weighted by molar-refractivity contribution is 6.09. The van der Waals surface area contributed by atoms with Crippen LogP contribution >= 0.6 is 0 Å². The van der Waals surface area contributed by atoms with Gasteiger partial charge in [0.1, 0.15) is 5.69 Å². The zero-order valence-corrected chi connectivity index (χ0v) is 14.4. The predicted octanol–water partition coefficient (Wildman–Crippen LogP) is 4.95. The second kappa shape index (κ2) is 7.47. The number of aromatic nitrogens is 2. The molecule has 0 N–H and O–H groups in total. The number of pyridine rings is 1. The monoisotopic (exact) mass is 324 g/mol. The number of ether oxygens (including phenoxy) is 1. The van der Waals surface area contributed by atoms with E-state index in [0.29, 0.717) is 12.3 Å². The topological polar surface area (TPSA) is 44.1 Å². The van der Waals surface area contributed by atoms with E-state index in [9.17, 15) is 4.79 Å². The number of fused-ring (bicyclic) bond motifs is 3. The van der Waals surface area contributed by atoms with Crippen molar-refractivity contribution in [2.75, 3.05) is 6.61 Å². The number of rotatable bonds is 7. The van der Waals surface area contributed by atoms with Crippen LogP contribution in [0.1, 0.15) is 50.0 Å². The van der Waals surface area contributed by atoms with Crippen molar-refractivity contribution in [3.63, 3.8) is 0 Å². The lowest BCUT2D eigenvalue weighted by Crippen LogP contribution is -2.08. The van der Waals surface area contributed by atoms with Crippen molar-refractivity contribution in [3.8, 4) is 0 Å². The molecule has 0 radical (unpaired) electrons. The Bertz CT molecular complexity index is 851. The normalized spacial score (nSPS) is 11.2. The highest BCUT2D eigenvalue weighted by Crippen LogP contribution is 2.29. The SMILES string of the molecule is CCCCOC(=O)c1cc2c3ccccc3n(CCCC)c2cn1. The van der Waals surface area contributed by atoms with Crippen LogP contribution in [0.2, 0.25) is 0 Å². The number of unbranched alkanes of at least 4 members (excludes halogenated alkanes) is 2. The summed E-state index contributed by atoms with van der Waals surface area (Å²) >= 11 is 0. The molecule has 0 amide bonds. The van der Waals surface area contributed by atoms with Crippen LogP contribution in [0.5, 0.6) is 0 Å². The molecule has 0 unspecified atom stereocenters. The molecule has 0 fully saturated rings. The van der Waals surface area contributed by atoms with Crippen LogP contribution in [0.25, 0.3) is 21.8 Å². The molecule has 0 spiro atoms. The molecule has 0 aliphatic rings. The van der Waals surface area contributed by atoms with Gasteiger partial charge in [0.05, 0.1) is 18.3 Å². The molecule has 0 atom stereocenters. The molecule has 1 aromatic carbocycles. The first-order valence-electron chi connectivity index (χ1n) is 8.80. The number of para-hydroxylation sites is 1. The zero-order chi connectivity index (χ0) is 16.9. The van der Waals surface area contributed by atoms with Gasteiger partial charge in [0.25, 0.3) is 0 Å². The van der Waals surface area contributed by atoms with Crippen LogP contribution in [0, 0.1) is 0 Å². The lowest BCUT2D eigenvalue weighted by molar-refractivity contribution is 0.0493. The van der Waals surface area contributed by atoms with Crippen LogP contribution in [-0.4, -0.2) is 22.1 Å². The smallest absolute Gasteiger partial charge is 0.356 e. The van der Waals surface area contributed by atoms with Gasteiger partial charge in [0.15, 0.2) is 0 Å². The maximum absolute atomic E-state index is 12.2. The summed E-state index contributed by atoms with van der Waals surface area (Å²) in [6.45, 7) is 5.68. The molecule has 3 aromatic rings. The van der Waals surface area contributed by atoms with Crippen LogP contribution in [0.15, 0.2) is 36.5 Å². The summed E-state index contributed by atoms with van der Waals surface area (Å²) in [5.41, 5.74) is 2.66. The molecule has 4 nitrogen and oxygen atoms in total. The highest BCUT2D eigenvalue weighted by atomic mass is 16.5. The molecular weight excluding hydrogens is 300 g/mol. The molecule has 0 bridgehead atoms. The number of nitrogens with zero attached hydrogens (tertiary/aromatic N) is 2. The summed E-state index contributed by atoms with van der Waals surface area (Å²) in [5.74, 6) is -0.337. The van der Waals surface area contributed by atoms with Gasteiger partial charge in [-0.15, -0.1) is 0 Å². The molecule has 0 saturated heterocycles. The Morgan fingerprint density at radius 1 is 1.08 bits per heavy atom. The van der Waals surface area contributed by atoms with Gasteiger partial charge in [-0.1, -0.05) is 44.9 Å². The zero-order valence-electron chi connectivity index (χ0n) is 14.4. The molecule has 24 heavy (non-hydrogen) atoms. The number of carbonyl (C=O) groups excluding carboxylic acids is 1. The molecule has 0 aliphatic carbocycles. The molecule has 4 heteroatoms. The third kappa shape index (κ3) is 3.14. The number of hydrogen-bond acceptors (Lipinski definition) is 3. The van der Waals surface area contributed by atoms with E-state index in [2.05, 4.69) is 41.6 Å². The summed E-state index contributed by atoms with van der Waals surface area (Å²) in [4.78, 5) is 16.5. The standard InChI is InChI=1S/C20H24N2O2/c1-3-5-11-22-18-10-8-7-9-15(18)16-13-17(21-14-19(16)22)20(23)24-12-6-4-2/h7-10,13-14H,3-6,11-12H2,1-2H3. The molecular formula is C20H24N2O2. The Morgan fingerprint density at radius 3 is 2.67 bits per heavy atom. The summed E-state index contributed by atoms with van der Waals surface area (Å²) in [6, 6.07) is 10.2. The van der Waals surface area contributed by atoms with Crippen molar-refractivity contribution in [2.45, 2.75) is 46.1 Å². The third-order valence-electron chi connectivity index (χ3n) is 4.33. The Labute approximate surface area is 142 Å². The lowest BCUT2D eigenvalue weighted by atomic mass is 10.1. The molecule has 126 valence electrons. The maximum Gasteiger partial charge on any atom is 0.356 e. The summed E-state index contributed by atoms with van der Waals surface area (Å²) in [5, 5.41) is 2.23. The van der Waals surface area contributed by atoms with E-state index in [0.717, 1.165) is 48.5 Å². The minimum Gasteiger partial charge on any atom is -0.461 e. The maximum atomic E-state index is 12.2. The van der Waals surface area contributed by atoms with Crippen molar-refractivity contribution < 1.29 is 9.53 Å². The van der Waals surface area contributed by atoms with Gasteiger partial charge >= 0.3 is 5.97 Å². The number of esters is 1. The van der Waals surface area contributed by atoms with E-state index in [1.807, 2.05) is 12.1 Å². The number of hydrogen-bond donors (Lipinski definition) is 0. The number of benzene rings is 1. The molecule has 3 rings (SSSR count). The average molecular weight is 324 g/mol. The second-order valence-electron chi connectivity index (χ2n) is 6.10. The van der Waals surface area contributed by atoms with E-state index < -0.39 is 0 Å². The van der Waals surface area contributed by atoms with Gasteiger partial charge in [-0.05, 0) is 25.0 Å².